The van der Waals surface area contributed by atoms with E-state index in [0.29, 0.717) is 12.0 Å². The molecule has 1 saturated carbocycles. The van der Waals surface area contributed by atoms with Gasteiger partial charge < -0.3 is 5.11 Å². The third-order valence-corrected chi connectivity index (χ3v) is 3.70. The molecular formula is C13H23N3O. The van der Waals surface area contributed by atoms with Crippen molar-refractivity contribution in [2.75, 3.05) is 0 Å². The summed E-state index contributed by atoms with van der Waals surface area (Å²) in [4.78, 5) is 4.34. The van der Waals surface area contributed by atoms with Crippen LogP contribution in [-0.2, 0) is 6.42 Å². The van der Waals surface area contributed by atoms with E-state index in [4.69, 9.17) is 0 Å². The largest absolute Gasteiger partial charge is 0.393 e. The molecule has 1 N–H and O–H groups in total. The summed E-state index contributed by atoms with van der Waals surface area (Å²) in [7, 11) is 0. The number of hydrogen-bond donors (Lipinski definition) is 1. The zero-order valence-electron chi connectivity index (χ0n) is 10.8. The molecule has 0 spiro atoms. The summed E-state index contributed by atoms with van der Waals surface area (Å²) in [5.74, 6) is 1.38. The summed E-state index contributed by atoms with van der Waals surface area (Å²) >= 11 is 0. The van der Waals surface area contributed by atoms with Gasteiger partial charge in [-0.1, -0.05) is 19.3 Å². The highest BCUT2D eigenvalue weighted by Gasteiger charge is 2.24. The van der Waals surface area contributed by atoms with Crippen molar-refractivity contribution in [2.45, 2.75) is 64.5 Å². The highest BCUT2D eigenvalue weighted by Crippen LogP contribution is 2.26. The normalized spacial score (nSPS) is 26.1. The van der Waals surface area contributed by atoms with Gasteiger partial charge in [0.05, 0.1) is 6.10 Å². The first-order valence-electron chi connectivity index (χ1n) is 6.75. The Morgan fingerprint density at radius 3 is 2.88 bits per heavy atom. The van der Waals surface area contributed by atoms with Crippen molar-refractivity contribution in [2.24, 2.45) is 5.92 Å². The Balaban J connectivity index is 2.05. The zero-order chi connectivity index (χ0) is 12.3. The lowest BCUT2D eigenvalue weighted by molar-refractivity contribution is 0.0987. The highest BCUT2D eigenvalue weighted by atomic mass is 16.3. The fraction of sp³-hybridized carbons (Fsp3) is 0.846. The SMILES string of the molecule is CC(C)n1ncnc1CC1CCCCCC1O. The van der Waals surface area contributed by atoms with Gasteiger partial charge in [-0.15, -0.1) is 0 Å². The molecule has 17 heavy (non-hydrogen) atoms. The molecule has 1 aliphatic rings. The number of aliphatic hydroxyl groups excluding tert-OH is 1. The van der Waals surface area contributed by atoms with Crippen molar-refractivity contribution in [3.63, 3.8) is 0 Å². The number of hydrogen-bond acceptors (Lipinski definition) is 3. The van der Waals surface area contributed by atoms with Gasteiger partial charge in [-0.3, -0.25) is 0 Å². The molecule has 1 aliphatic carbocycles. The summed E-state index contributed by atoms with van der Waals surface area (Å²) in [5.41, 5.74) is 0. The monoisotopic (exact) mass is 237 g/mol. The Labute approximate surface area is 103 Å². The van der Waals surface area contributed by atoms with Gasteiger partial charge >= 0.3 is 0 Å². The number of nitrogens with zero attached hydrogens (tertiary/aromatic N) is 3. The lowest BCUT2D eigenvalue weighted by Gasteiger charge is -2.20. The molecule has 0 aromatic carbocycles. The zero-order valence-corrected chi connectivity index (χ0v) is 10.8. The average molecular weight is 237 g/mol. The van der Waals surface area contributed by atoms with Crippen LogP contribution in [0.3, 0.4) is 0 Å². The Bertz CT molecular complexity index is 348. The van der Waals surface area contributed by atoms with E-state index in [2.05, 4.69) is 23.9 Å². The maximum absolute atomic E-state index is 10.1. The standard InChI is InChI=1S/C13H23N3O/c1-10(2)16-13(14-9-15-16)8-11-6-4-3-5-7-12(11)17/h9-12,17H,3-8H2,1-2H3. The van der Waals surface area contributed by atoms with Crippen LogP contribution in [-0.4, -0.2) is 26.0 Å². The Morgan fingerprint density at radius 1 is 1.35 bits per heavy atom. The van der Waals surface area contributed by atoms with Crippen LogP contribution in [0.15, 0.2) is 6.33 Å². The third-order valence-electron chi connectivity index (χ3n) is 3.70. The predicted molar refractivity (Wildman–Crippen MR) is 66.7 cm³/mol. The van der Waals surface area contributed by atoms with Crippen LogP contribution in [0.1, 0.15) is 57.8 Å². The lowest BCUT2D eigenvalue weighted by atomic mass is 9.93. The van der Waals surface area contributed by atoms with Gasteiger partial charge in [0.25, 0.3) is 0 Å². The molecule has 0 aliphatic heterocycles. The molecule has 0 saturated heterocycles. The van der Waals surface area contributed by atoms with E-state index in [-0.39, 0.29) is 6.10 Å². The van der Waals surface area contributed by atoms with Crippen molar-refractivity contribution in [1.82, 2.24) is 14.8 Å². The van der Waals surface area contributed by atoms with Crippen LogP contribution >= 0.6 is 0 Å². The van der Waals surface area contributed by atoms with Crippen LogP contribution < -0.4 is 0 Å². The molecule has 0 radical (unpaired) electrons. The molecule has 0 bridgehead atoms. The van der Waals surface area contributed by atoms with E-state index in [9.17, 15) is 5.11 Å². The molecule has 2 rings (SSSR count). The maximum atomic E-state index is 10.1. The van der Waals surface area contributed by atoms with Crippen LogP contribution in [0.25, 0.3) is 0 Å². The summed E-state index contributed by atoms with van der Waals surface area (Å²) in [6, 6.07) is 0.343. The molecule has 1 aromatic rings. The maximum Gasteiger partial charge on any atom is 0.138 e. The lowest BCUT2D eigenvalue weighted by Crippen LogP contribution is -2.23. The van der Waals surface area contributed by atoms with E-state index < -0.39 is 0 Å². The Morgan fingerprint density at radius 2 is 2.12 bits per heavy atom. The second-order valence-electron chi connectivity index (χ2n) is 5.38. The van der Waals surface area contributed by atoms with Crippen LogP contribution in [0.4, 0.5) is 0 Å². The van der Waals surface area contributed by atoms with Crippen molar-refractivity contribution in [3.05, 3.63) is 12.2 Å². The molecule has 0 amide bonds. The molecule has 4 nitrogen and oxygen atoms in total. The predicted octanol–water partition coefficient (Wildman–Crippen LogP) is 2.34. The minimum atomic E-state index is -0.158. The number of rotatable bonds is 3. The van der Waals surface area contributed by atoms with Gasteiger partial charge in [0, 0.05) is 12.5 Å². The molecule has 2 atom stereocenters. The van der Waals surface area contributed by atoms with Gasteiger partial charge in [0.2, 0.25) is 0 Å². The summed E-state index contributed by atoms with van der Waals surface area (Å²) in [6.07, 6.45) is 8.04. The smallest absolute Gasteiger partial charge is 0.138 e. The fourth-order valence-electron chi connectivity index (χ4n) is 2.69. The van der Waals surface area contributed by atoms with E-state index >= 15 is 0 Å². The van der Waals surface area contributed by atoms with Gasteiger partial charge in [0.15, 0.2) is 0 Å². The summed E-state index contributed by atoms with van der Waals surface area (Å²) in [6.45, 7) is 4.23. The summed E-state index contributed by atoms with van der Waals surface area (Å²) in [5, 5.41) is 14.4. The number of aromatic nitrogens is 3. The summed E-state index contributed by atoms with van der Waals surface area (Å²) < 4.78 is 1.97. The van der Waals surface area contributed by atoms with E-state index in [1.807, 2.05) is 4.68 Å². The van der Waals surface area contributed by atoms with Crippen molar-refractivity contribution in [1.29, 1.82) is 0 Å². The van der Waals surface area contributed by atoms with Crippen LogP contribution in [0.2, 0.25) is 0 Å². The van der Waals surface area contributed by atoms with Gasteiger partial charge in [0.1, 0.15) is 12.2 Å². The molecule has 1 heterocycles. The second-order valence-corrected chi connectivity index (χ2v) is 5.38. The minimum Gasteiger partial charge on any atom is -0.393 e. The Kier molecular flexibility index (Phi) is 4.15. The van der Waals surface area contributed by atoms with Crippen molar-refractivity contribution >= 4 is 0 Å². The first-order chi connectivity index (χ1) is 8.18. The molecule has 2 unspecified atom stereocenters. The van der Waals surface area contributed by atoms with Crippen LogP contribution in [0, 0.1) is 5.92 Å². The quantitative estimate of drug-likeness (QED) is 0.821. The number of aliphatic hydroxyl groups is 1. The topological polar surface area (TPSA) is 50.9 Å². The van der Waals surface area contributed by atoms with E-state index in [0.717, 1.165) is 31.5 Å². The van der Waals surface area contributed by atoms with Gasteiger partial charge in [-0.2, -0.15) is 5.10 Å². The van der Waals surface area contributed by atoms with Gasteiger partial charge in [-0.05, 0) is 32.6 Å². The fourth-order valence-corrected chi connectivity index (χ4v) is 2.69. The minimum absolute atomic E-state index is 0.158. The highest BCUT2D eigenvalue weighted by molar-refractivity contribution is 4.91. The van der Waals surface area contributed by atoms with Crippen LogP contribution in [0.5, 0.6) is 0 Å². The van der Waals surface area contributed by atoms with Crippen molar-refractivity contribution in [3.8, 4) is 0 Å². The Hall–Kier alpha value is -0.900. The first kappa shape index (κ1) is 12.6. The van der Waals surface area contributed by atoms with E-state index in [1.54, 1.807) is 6.33 Å². The van der Waals surface area contributed by atoms with Crippen molar-refractivity contribution < 1.29 is 5.11 Å². The molecule has 96 valence electrons. The third kappa shape index (κ3) is 3.06. The van der Waals surface area contributed by atoms with E-state index in [1.165, 1.54) is 12.8 Å². The molecule has 4 heteroatoms. The molecule has 1 fully saturated rings. The second kappa shape index (κ2) is 5.63. The molecular weight excluding hydrogens is 214 g/mol. The van der Waals surface area contributed by atoms with Gasteiger partial charge in [-0.25, -0.2) is 9.67 Å². The average Bonchev–Trinajstić information content (AvgIpc) is 2.66. The molecule has 1 aromatic heterocycles. The first-order valence-corrected chi connectivity index (χ1v) is 6.75.